The van der Waals surface area contributed by atoms with E-state index in [0.29, 0.717) is 12.5 Å². The molecular formula is C15H26N4O2. The molecule has 0 amide bonds. The molecule has 1 rings (SSSR count). The van der Waals surface area contributed by atoms with E-state index in [2.05, 4.69) is 23.6 Å². The number of nitrogens with two attached hydrogens (primary N) is 1. The van der Waals surface area contributed by atoms with E-state index < -0.39 is 4.92 Å². The van der Waals surface area contributed by atoms with Crippen molar-refractivity contribution in [3.63, 3.8) is 0 Å². The molecule has 1 aromatic carbocycles. The smallest absolute Gasteiger partial charge is 0.292 e. The zero-order chi connectivity index (χ0) is 16.0. The number of nitrogens with zero attached hydrogens (tertiary/aromatic N) is 3. The molecule has 0 radical (unpaired) electrons. The summed E-state index contributed by atoms with van der Waals surface area (Å²) >= 11 is 0. The molecule has 0 aliphatic heterocycles. The third kappa shape index (κ3) is 5.69. The molecule has 0 heterocycles. The van der Waals surface area contributed by atoms with Gasteiger partial charge in [-0.25, -0.2) is 0 Å². The van der Waals surface area contributed by atoms with Crippen molar-refractivity contribution >= 4 is 11.4 Å². The van der Waals surface area contributed by atoms with Crippen LogP contribution in [0.3, 0.4) is 0 Å². The van der Waals surface area contributed by atoms with Gasteiger partial charge in [0.2, 0.25) is 0 Å². The highest BCUT2D eigenvalue weighted by Crippen LogP contribution is 2.26. The Labute approximate surface area is 126 Å². The van der Waals surface area contributed by atoms with Gasteiger partial charge in [-0.1, -0.05) is 26.0 Å². The van der Waals surface area contributed by atoms with Crippen molar-refractivity contribution in [1.82, 2.24) is 9.80 Å². The first-order valence-corrected chi connectivity index (χ1v) is 7.20. The molecule has 0 aromatic heterocycles. The minimum atomic E-state index is -0.425. The predicted octanol–water partition coefficient (Wildman–Crippen LogP) is 2.20. The maximum atomic E-state index is 11.0. The maximum Gasteiger partial charge on any atom is 0.292 e. The van der Waals surface area contributed by atoms with Gasteiger partial charge < -0.3 is 10.6 Å². The maximum absolute atomic E-state index is 11.0. The molecule has 0 atom stereocenters. The fourth-order valence-corrected chi connectivity index (χ4v) is 2.23. The summed E-state index contributed by atoms with van der Waals surface area (Å²) in [5.74, 6) is 0.534. The van der Waals surface area contributed by atoms with Crippen LogP contribution in [0.2, 0.25) is 0 Å². The lowest BCUT2D eigenvalue weighted by Gasteiger charge is -2.26. The number of para-hydroxylation sites is 1. The van der Waals surface area contributed by atoms with Crippen LogP contribution < -0.4 is 5.73 Å². The molecule has 0 unspecified atom stereocenters. The number of nitro groups is 1. The second kappa shape index (κ2) is 7.95. The van der Waals surface area contributed by atoms with Gasteiger partial charge in [0.15, 0.2) is 0 Å². The number of likely N-dealkylation sites (N-methyl/N-ethyl adjacent to an activating group) is 1. The third-order valence-electron chi connectivity index (χ3n) is 3.25. The number of rotatable bonds is 8. The Kier molecular flexibility index (Phi) is 6.58. The molecule has 0 saturated heterocycles. The molecule has 2 N–H and O–H groups in total. The molecule has 0 aliphatic rings. The molecule has 0 spiro atoms. The summed E-state index contributed by atoms with van der Waals surface area (Å²) in [6.07, 6.45) is 0. The van der Waals surface area contributed by atoms with Crippen LogP contribution in [0.4, 0.5) is 11.4 Å². The van der Waals surface area contributed by atoms with Crippen LogP contribution in [-0.2, 0) is 6.54 Å². The molecule has 0 fully saturated rings. The lowest BCUT2D eigenvalue weighted by atomic mass is 10.1. The fraction of sp³-hybridized carbons (Fsp3) is 0.600. The van der Waals surface area contributed by atoms with Crippen LogP contribution in [0.1, 0.15) is 19.4 Å². The van der Waals surface area contributed by atoms with Crippen molar-refractivity contribution in [2.75, 3.05) is 39.5 Å². The van der Waals surface area contributed by atoms with Crippen LogP contribution in [0.25, 0.3) is 0 Å². The molecular weight excluding hydrogens is 268 g/mol. The van der Waals surface area contributed by atoms with Crippen molar-refractivity contribution in [3.8, 4) is 0 Å². The van der Waals surface area contributed by atoms with E-state index in [1.807, 2.05) is 20.2 Å². The van der Waals surface area contributed by atoms with Gasteiger partial charge >= 0.3 is 0 Å². The molecule has 6 heteroatoms. The molecule has 1 aromatic rings. The van der Waals surface area contributed by atoms with Gasteiger partial charge in [-0.05, 0) is 25.6 Å². The number of hydrogen-bond donors (Lipinski definition) is 1. The fourth-order valence-electron chi connectivity index (χ4n) is 2.23. The van der Waals surface area contributed by atoms with Crippen LogP contribution in [0, 0.1) is 16.0 Å². The van der Waals surface area contributed by atoms with Crippen molar-refractivity contribution in [3.05, 3.63) is 33.9 Å². The lowest BCUT2D eigenvalue weighted by molar-refractivity contribution is -0.384. The van der Waals surface area contributed by atoms with Gasteiger partial charge in [-0.3, -0.25) is 15.0 Å². The van der Waals surface area contributed by atoms with Crippen molar-refractivity contribution in [2.24, 2.45) is 5.92 Å². The van der Waals surface area contributed by atoms with Gasteiger partial charge in [-0.2, -0.15) is 0 Å². The van der Waals surface area contributed by atoms with E-state index in [9.17, 15) is 10.1 Å². The first-order valence-electron chi connectivity index (χ1n) is 7.20. The summed E-state index contributed by atoms with van der Waals surface area (Å²) in [4.78, 5) is 15.0. The van der Waals surface area contributed by atoms with Crippen LogP contribution in [0.15, 0.2) is 18.2 Å². The second-order valence-corrected chi connectivity index (χ2v) is 6.04. The SMILES string of the molecule is CC(C)CN(CCN(C)C)Cc1cccc([N+](=O)[O-])c1N. The highest BCUT2D eigenvalue weighted by Gasteiger charge is 2.17. The third-order valence-corrected chi connectivity index (χ3v) is 3.25. The zero-order valence-electron chi connectivity index (χ0n) is 13.4. The number of nitrogen functional groups attached to an aromatic ring is 1. The van der Waals surface area contributed by atoms with E-state index in [1.165, 1.54) is 6.07 Å². The Morgan fingerprint density at radius 2 is 1.95 bits per heavy atom. The Balaban J connectivity index is 2.87. The predicted molar refractivity (Wildman–Crippen MR) is 86.2 cm³/mol. The summed E-state index contributed by atoms with van der Waals surface area (Å²) in [6, 6.07) is 5.01. The van der Waals surface area contributed by atoms with Gasteiger partial charge in [0, 0.05) is 32.2 Å². The Hall–Kier alpha value is -1.66. The Morgan fingerprint density at radius 3 is 2.48 bits per heavy atom. The molecule has 118 valence electrons. The van der Waals surface area contributed by atoms with E-state index >= 15 is 0 Å². The highest BCUT2D eigenvalue weighted by molar-refractivity contribution is 5.62. The highest BCUT2D eigenvalue weighted by atomic mass is 16.6. The van der Waals surface area contributed by atoms with Crippen LogP contribution in [-0.4, -0.2) is 48.5 Å². The first-order chi connectivity index (χ1) is 9.81. The number of benzene rings is 1. The van der Waals surface area contributed by atoms with Crippen LogP contribution >= 0.6 is 0 Å². The van der Waals surface area contributed by atoms with Crippen molar-refractivity contribution in [2.45, 2.75) is 20.4 Å². The molecule has 0 bridgehead atoms. The minimum absolute atomic E-state index is 0.00962. The van der Waals surface area contributed by atoms with Gasteiger partial charge in [-0.15, -0.1) is 0 Å². The summed E-state index contributed by atoms with van der Waals surface area (Å²) in [6.45, 7) is 7.77. The van der Waals surface area contributed by atoms with E-state index in [0.717, 1.165) is 25.2 Å². The van der Waals surface area contributed by atoms with E-state index in [4.69, 9.17) is 5.73 Å². The topological polar surface area (TPSA) is 75.6 Å². The zero-order valence-corrected chi connectivity index (χ0v) is 13.4. The van der Waals surface area contributed by atoms with E-state index in [1.54, 1.807) is 6.07 Å². The van der Waals surface area contributed by atoms with Crippen molar-refractivity contribution < 1.29 is 4.92 Å². The van der Waals surface area contributed by atoms with Gasteiger partial charge in [0.05, 0.1) is 4.92 Å². The first kappa shape index (κ1) is 17.4. The molecule has 0 aliphatic carbocycles. The number of nitro benzene ring substituents is 1. The summed E-state index contributed by atoms with van der Waals surface area (Å²) in [7, 11) is 4.07. The van der Waals surface area contributed by atoms with E-state index in [-0.39, 0.29) is 11.4 Å². The minimum Gasteiger partial charge on any atom is -0.393 e. The number of anilines is 1. The number of hydrogen-bond acceptors (Lipinski definition) is 5. The van der Waals surface area contributed by atoms with Crippen molar-refractivity contribution in [1.29, 1.82) is 0 Å². The quantitative estimate of drug-likeness (QED) is 0.452. The Bertz CT molecular complexity index is 475. The molecule has 6 nitrogen and oxygen atoms in total. The largest absolute Gasteiger partial charge is 0.393 e. The van der Waals surface area contributed by atoms with Gasteiger partial charge in [0.1, 0.15) is 5.69 Å². The Morgan fingerprint density at radius 1 is 1.29 bits per heavy atom. The second-order valence-electron chi connectivity index (χ2n) is 6.04. The van der Waals surface area contributed by atoms with Gasteiger partial charge in [0.25, 0.3) is 5.69 Å². The summed E-state index contributed by atoms with van der Waals surface area (Å²) in [5.41, 5.74) is 7.03. The lowest BCUT2D eigenvalue weighted by Crippen LogP contribution is -2.34. The van der Waals surface area contributed by atoms with Crippen LogP contribution in [0.5, 0.6) is 0 Å². The normalized spacial score (nSPS) is 11.6. The molecule has 0 saturated carbocycles. The summed E-state index contributed by atoms with van der Waals surface area (Å²) < 4.78 is 0. The molecule has 21 heavy (non-hydrogen) atoms. The standard InChI is InChI=1S/C15H26N4O2/c1-12(2)10-18(9-8-17(3)4)11-13-6-5-7-14(15(13)16)19(20)21/h5-7,12H,8-11,16H2,1-4H3. The average Bonchev–Trinajstić information content (AvgIpc) is 2.37. The summed E-state index contributed by atoms with van der Waals surface area (Å²) in [5, 5.41) is 11.0. The average molecular weight is 294 g/mol. The monoisotopic (exact) mass is 294 g/mol.